The van der Waals surface area contributed by atoms with E-state index >= 15 is 0 Å². The fraction of sp³-hybridized carbons (Fsp3) is 0.235. The Labute approximate surface area is 139 Å². The monoisotopic (exact) mass is 332 g/mol. The lowest BCUT2D eigenvalue weighted by molar-refractivity contribution is -0.152. The first-order valence-electron chi connectivity index (χ1n) is 7.11. The summed E-state index contributed by atoms with van der Waals surface area (Å²) in [5.41, 5.74) is 1.96. The first-order chi connectivity index (χ1) is 10.9. The minimum Gasteiger partial charge on any atom is -0.452 e. The Morgan fingerprint density at radius 1 is 1.22 bits per heavy atom. The van der Waals surface area contributed by atoms with Gasteiger partial charge in [-0.2, -0.15) is 0 Å². The van der Waals surface area contributed by atoms with Crippen LogP contribution in [-0.2, 0) is 20.7 Å². The summed E-state index contributed by atoms with van der Waals surface area (Å²) in [5.74, 6) is -0.557. The number of carbonyl (C=O) groups is 2. The zero-order valence-corrected chi connectivity index (χ0v) is 13.6. The Balaban J connectivity index is 1.86. The molecule has 0 aliphatic heterocycles. The van der Waals surface area contributed by atoms with Crippen LogP contribution in [0.1, 0.15) is 18.1 Å². The molecule has 0 unspecified atom stereocenters. The molecule has 0 radical (unpaired) electrons. The van der Waals surface area contributed by atoms with Crippen LogP contribution in [-0.4, -0.2) is 23.0 Å². The molecule has 0 aliphatic carbocycles. The van der Waals surface area contributed by atoms with Crippen molar-refractivity contribution in [1.82, 2.24) is 4.98 Å². The third-order valence-corrected chi connectivity index (χ3v) is 3.35. The van der Waals surface area contributed by atoms with Crippen molar-refractivity contribution in [2.75, 3.05) is 5.32 Å². The molecule has 0 saturated heterocycles. The average Bonchev–Trinajstić information content (AvgIpc) is 2.51. The van der Waals surface area contributed by atoms with Crippen LogP contribution in [0.3, 0.4) is 0 Å². The number of hydrogen-bond acceptors (Lipinski definition) is 4. The SMILES string of the molecule is Cc1ccc(CC(=O)O[C@@H](C)C(=O)Nc2ccc(Cl)cn2)cc1. The maximum Gasteiger partial charge on any atom is 0.311 e. The van der Waals surface area contributed by atoms with Crippen LogP contribution >= 0.6 is 11.6 Å². The highest BCUT2D eigenvalue weighted by atomic mass is 35.5. The number of nitrogens with zero attached hydrogens (tertiary/aromatic N) is 1. The molecular formula is C17H17ClN2O3. The summed E-state index contributed by atoms with van der Waals surface area (Å²) in [4.78, 5) is 27.8. The summed E-state index contributed by atoms with van der Waals surface area (Å²) >= 11 is 5.72. The van der Waals surface area contributed by atoms with E-state index in [1.807, 2.05) is 31.2 Å². The van der Waals surface area contributed by atoms with Crippen molar-refractivity contribution in [2.24, 2.45) is 0 Å². The van der Waals surface area contributed by atoms with Crippen LogP contribution in [0.4, 0.5) is 5.82 Å². The Bertz CT molecular complexity index is 684. The Morgan fingerprint density at radius 3 is 2.52 bits per heavy atom. The highest BCUT2D eigenvalue weighted by Crippen LogP contribution is 2.11. The molecule has 1 aromatic carbocycles. The van der Waals surface area contributed by atoms with Crippen molar-refractivity contribution < 1.29 is 14.3 Å². The highest BCUT2D eigenvalue weighted by Gasteiger charge is 2.18. The van der Waals surface area contributed by atoms with Gasteiger partial charge in [-0.05, 0) is 31.5 Å². The van der Waals surface area contributed by atoms with Crippen molar-refractivity contribution in [3.63, 3.8) is 0 Å². The molecule has 6 heteroatoms. The number of anilines is 1. The minimum absolute atomic E-state index is 0.122. The molecule has 1 aromatic heterocycles. The lowest BCUT2D eigenvalue weighted by Crippen LogP contribution is -2.30. The average molecular weight is 333 g/mol. The smallest absolute Gasteiger partial charge is 0.311 e. The Hall–Kier alpha value is -2.40. The number of aryl methyl sites for hydroxylation is 1. The zero-order chi connectivity index (χ0) is 16.8. The van der Waals surface area contributed by atoms with E-state index < -0.39 is 18.0 Å². The normalized spacial score (nSPS) is 11.6. The second-order valence-corrected chi connectivity index (χ2v) is 5.58. The quantitative estimate of drug-likeness (QED) is 0.854. The number of aromatic nitrogens is 1. The van der Waals surface area contributed by atoms with Crippen LogP contribution in [0.15, 0.2) is 42.6 Å². The van der Waals surface area contributed by atoms with Gasteiger partial charge in [0.15, 0.2) is 6.10 Å². The second-order valence-electron chi connectivity index (χ2n) is 5.15. The van der Waals surface area contributed by atoms with Gasteiger partial charge >= 0.3 is 5.97 Å². The number of hydrogen-bond donors (Lipinski definition) is 1. The molecule has 0 saturated carbocycles. The fourth-order valence-corrected chi connectivity index (χ4v) is 1.95. The van der Waals surface area contributed by atoms with E-state index in [2.05, 4.69) is 10.3 Å². The first kappa shape index (κ1) is 17.0. The molecule has 1 atom stereocenters. The first-order valence-corrected chi connectivity index (χ1v) is 7.49. The van der Waals surface area contributed by atoms with Crippen molar-refractivity contribution in [1.29, 1.82) is 0 Å². The molecular weight excluding hydrogens is 316 g/mol. The van der Waals surface area contributed by atoms with E-state index in [0.717, 1.165) is 11.1 Å². The van der Waals surface area contributed by atoms with Crippen molar-refractivity contribution in [2.45, 2.75) is 26.4 Å². The van der Waals surface area contributed by atoms with Crippen molar-refractivity contribution >= 4 is 29.3 Å². The highest BCUT2D eigenvalue weighted by molar-refractivity contribution is 6.30. The standard InChI is InChI=1S/C17H17ClN2O3/c1-11-3-5-13(6-4-11)9-16(21)23-12(2)17(22)20-15-8-7-14(18)10-19-15/h3-8,10,12H,9H2,1-2H3,(H,19,20,22)/t12-/m0/s1. The van der Waals surface area contributed by atoms with E-state index in [1.165, 1.54) is 13.1 Å². The molecule has 2 rings (SSSR count). The van der Waals surface area contributed by atoms with Gasteiger partial charge in [0.05, 0.1) is 11.4 Å². The van der Waals surface area contributed by atoms with Gasteiger partial charge in [0.25, 0.3) is 5.91 Å². The van der Waals surface area contributed by atoms with E-state index in [0.29, 0.717) is 10.8 Å². The number of halogens is 1. The topological polar surface area (TPSA) is 68.3 Å². The Morgan fingerprint density at radius 2 is 1.91 bits per heavy atom. The molecule has 5 nitrogen and oxygen atoms in total. The minimum atomic E-state index is -0.912. The lowest BCUT2D eigenvalue weighted by Gasteiger charge is -2.13. The van der Waals surface area contributed by atoms with Crippen LogP contribution < -0.4 is 5.32 Å². The van der Waals surface area contributed by atoms with Gasteiger partial charge in [-0.15, -0.1) is 0 Å². The third kappa shape index (κ3) is 5.38. The third-order valence-electron chi connectivity index (χ3n) is 3.13. The summed E-state index contributed by atoms with van der Waals surface area (Å²) in [7, 11) is 0. The molecule has 0 fully saturated rings. The van der Waals surface area contributed by atoms with Crippen molar-refractivity contribution in [3.05, 3.63) is 58.7 Å². The lowest BCUT2D eigenvalue weighted by atomic mass is 10.1. The second kappa shape index (κ2) is 7.74. The molecule has 23 heavy (non-hydrogen) atoms. The predicted octanol–water partition coefficient (Wildman–Crippen LogP) is 3.16. The van der Waals surface area contributed by atoms with E-state index in [1.54, 1.807) is 12.1 Å². The van der Waals surface area contributed by atoms with Gasteiger partial charge in [-0.3, -0.25) is 9.59 Å². The number of ether oxygens (including phenoxy) is 1. The summed E-state index contributed by atoms with van der Waals surface area (Å²) in [6.07, 6.45) is 0.632. The molecule has 1 heterocycles. The molecule has 0 bridgehead atoms. The maximum atomic E-state index is 12.0. The van der Waals surface area contributed by atoms with E-state index in [-0.39, 0.29) is 6.42 Å². The number of amides is 1. The number of rotatable bonds is 5. The van der Waals surface area contributed by atoms with Crippen LogP contribution in [0.2, 0.25) is 5.02 Å². The molecule has 0 aliphatic rings. The summed E-state index contributed by atoms with van der Waals surface area (Å²) < 4.78 is 5.14. The molecule has 2 aromatic rings. The molecule has 1 amide bonds. The van der Waals surface area contributed by atoms with Gasteiger partial charge in [0.2, 0.25) is 0 Å². The summed E-state index contributed by atoms with van der Waals surface area (Å²) in [6.45, 7) is 3.48. The number of nitrogens with one attached hydrogen (secondary N) is 1. The molecule has 120 valence electrons. The largest absolute Gasteiger partial charge is 0.452 e. The number of carbonyl (C=O) groups excluding carboxylic acids is 2. The van der Waals surface area contributed by atoms with Gasteiger partial charge in [0, 0.05) is 6.20 Å². The van der Waals surface area contributed by atoms with Crippen LogP contribution in [0.25, 0.3) is 0 Å². The maximum absolute atomic E-state index is 12.0. The number of pyridine rings is 1. The number of esters is 1. The molecule has 0 spiro atoms. The van der Waals surface area contributed by atoms with Crippen molar-refractivity contribution in [3.8, 4) is 0 Å². The van der Waals surface area contributed by atoms with E-state index in [9.17, 15) is 9.59 Å². The zero-order valence-electron chi connectivity index (χ0n) is 12.9. The van der Waals surface area contributed by atoms with Gasteiger partial charge in [-0.1, -0.05) is 41.4 Å². The van der Waals surface area contributed by atoms with Gasteiger partial charge in [-0.25, -0.2) is 4.98 Å². The molecule has 1 N–H and O–H groups in total. The van der Waals surface area contributed by atoms with Gasteiger partial charge < -0.3 is 10.1 Å². The van der Waals surface area contributed by atoms with Crippen LogP contribution in [0.5, 0.6) is 0 Å². The summed E-state index contributed by atoms with van der Waals surface area (Å²) in [5, 5.41) is 3.03. The van der Waals surface area contributed by atoms with E-state index in [4.69, 9.17) is 16.3 Å². The Kier molecular flexibility index (Phi) is 5.71. The summed E-state index contributed by atoms with van der Waals surface area (Å²) in [6, 6.07) is 10.7. The number of benzene rings is 1. The van der Waals surface area contributed by atoms with Crippen LogP contribution in [0, 0.1) is 6.92 Å². The predicted molar refractivity (Wildman–Crippen MR) is 88.3 cm³/mol. The fourth-order valence-electron chi connectivity index (χ4n) is 1.84. The van der Waals surface area contributed by atoms with Gasteiger partial charge in [0.1, 0.15) is 5.82 Å².